The van der Waals surface area contributed by atoms with Gasteiger partial charge in [0.25, 0.3) is 0 Å². The average molecular weight is 221 g/mol. The average Bonchev–Trinajstić information content (AvgIpc) is 2.25. The summed E-state index contributed by atoms with van der Waals surface area (Å²) in [6.07, 6.45) is 0.0948. The van der Waals surface area contributed by atoms with Crippen LogP contribution in [0.3, 0.4) is 0 Å². The van der Waals surface area contributed by atoms with Crippen LogP contribution in [-0.4, -0.2) is 17.6 Å². The number of hydrogen-bond donors (Lipinski definition) is 2. The van der Waals surface area contributed by atoms with E-state index in [4.69, 9.17) is 10.8 Å². The minimum Gasteiger partial charge on any atom is -0.481 e. The highest BCUT2D eigenvalue weighted by atomic mass is 16.4. The van der Waals surface area contributed by atoms with Crippen molar-refractivity contribution >= 4 is 5.97 Å². The van der Waals surface area contributed by atoms with E-state index in [0.29, 0.717) is 12.5 Å². The van der Waals surface area contributed by atoms with Crippen LogP contribution in [0.4, 0.5) is 0 Å². The highest BCUT2D eigenvalue weighted by Crippen LogP contribution is 2.21. The number of hydrogen-bond acceptors (Lipinski definition) is 2. The maximum absolute atomic E-state index is 10.7. The molecule has 0 aliphatic heterocycles. The molecule has 0 spiro atoms. The summed E-state index contributed by atoms with van der Waals surface area (Å²) in [5.41, 5.74) is 7.86. The van der Waals surface area contributed by atoms with Gasteiger partial charge in [-0.3, -0.25) is 4.79 Å². The van der Waals surface area contributed by atoms with Gasteiger partial charge in [0.2, 0.25) is 0 Å². The molecule has 0 radical (unpaired) electrons. The Labute approximate surface area is 96.3 Å². The van der Waals surface area contributed by atoms with E-state index in [1.807, 2.05) is 24.3 Å². The fraction of sp³-hybridized carbons (Fsp3) is 0.462. The number of carboxylic acids is 1. The minimum atomic E-state index is -0.802. The summed E-state index contributed by atoms with van der Waals surface area (Å²) in [7, 11) is 0. The van der Waals surface area contributed by atoms with Gasteiger partial charge in [-0.2, -0.15) is 0 Å². The smallest absolute Gasteiger partial charge is 0.304 e. The zero-order valence-corrected chi connectivity index (χ0v) is 9.81. The summed E-state index contributed by atoms with van der Waals surface area (Å²) in [5, 5.41) is 8.76. The molecular weight excluding hydrogens is 202 g/mol. The predicted molar refractivity (Wildman–Crippen MR) is 64.6 cm³/mol. The Bertz CT molecular complexity index is 343. The molecule has 0 aliphatic carbocycles. The molecule has 3 N–H and O–H groups in total. The second kappa shape index (κ2) is 5.66. The number of rotatable bonds is 5. The van der Waals surface area contributed by atoms with E-state index >= 15 is 0 Å². The van der Waals surface area contributed by atoms with Crippen LogP contribution in [0.15, 0.2) is 24.3 Å². The van der Waals surface area contributed by atoms with Gasteiger partial charge in [0.05, 0.1) is 6.42 Å². The first-order valence-corrected chi connectivity index (χ1v) is 5.56. The Morgan fingerprint density at radius 3 is 2.12 bits per heavy atom. The lowest BCUT2D eigenvalue weighted by Gasteiger charge is -2.14. The Morgan fingerprint density at radius 2 is 1.75 bits per heavy atom. The van der Waals surface area contributed by atoms with Crippen molar-refractivity contribution < 1.29 is 9.90 Å². The van der Waals surface area contributed by atoms with Crippen LogP contribution in [0.1, 0.15) is 43.2 Å². The van der Waals surface area contributed by atoms with E-state index < -0.39 is 5.97 Å². The zero-order chi connectivity index (χ0) is 12.1. The van der Waals surface area contributed by atoms with Gasteiger partial charge in [-0.25, -0.2) is 0 Å². The summed E-state index contributed by atoms with van der Waals surface area (Å²) >= 11 is 0. The van der Waals surface area contributed by atoms with Gasteiger partial charge in [0.15, 0.2) is 0 Å². The SMILES string of the molecule is CC(C)c1ccc(C(CN)CC(=O)O)cc1. The molecule has 0 aromatic heterocycles. The molecule has 0 amide bonds. The normalized spacial score (nSPS) is 12.8. The van der Waals surface area contributed by atoms with Gasteiger partial charge >= 0.3 is 5.97 Å². The number of carbonyl (C=O) groups is 1. The molecule has 0 fully saturated rings. The second-order valence-corrected chi connectivity index (χ2v) is 4.35. The first kappa shape index (κ1) is 12.7. The third-order valence-corrected chi connectivity index (χ3v) is 2.78. The van der Waals surface area contributed by atoms with Crippen LogP contribution in [0.2, 0.25) is 0 Å². The van der Waals surface area contributed by atoms with Gasteiger partial charge < -0.3 is 10.8 Å². The maximum atomic E-state index is 10.7. The highest BCUT2D eigenvalue weighted by Gasteiger charge is 2.13. The molecule has 0 saturated heterocycles. The first-order chi connectivity index (χ1) is 7.54. The second-order valence-electron chi connectivity index (χ2n) is 4.35. The number of carboxylic acid groups (broad SMARTS) is 1. The molecule has 1 rings (SSSR count). The first-order valence-electron chi connectivity index (χ1n) is 5.56. The molecule has 3 nitrogen and oxygen atoms in total. The molecule has 1 unspecified atom stereocenters. The fourth-order valence-corrected chi connectivity index (χ4v) is 1.70. The summed E-state index contributed by atoms with van der Waals surface area (Å²) in [6.45, 7) is 4.63. The van der Waals surface area contributed by atoms with Crippen LogP contribution >= 0.6 is 0 Å². The Hall–Kier alpha value is -1.35. The highest BCUT2D eigenvalue weighted by molar-refractivity contribution is 5.68. The van der Waals surface area contributed by atoms with Crippen LogP contribution in [0.5, 0.6) is 0 Å². The van der Waals surface area contributed by atoms with Crippen molar-refractivity contribution in [2.45, 2.75) is 32.1 Å². The standard InChI is InChI=1S/C13H19NO2/c1-9(2)10-3-5-11(6-4-10)12(8-14)7-13(15)16/h3-6,9,12H,7-8,14H2,1-2H3,(H,15,16). The molecule has 0 heterocycles. The third-order valence-electron chi connectivity index (χ3n) is 2.78. The summed E-state index contributed by atoms with van der Waals surface area (Å²) in [5.74, 6) is -0.396. The van der Waals surface area contributed by atoms with Crippen molar-refractivity contribution in [3.63, 3.8) is 0 Å². The van der Waals surface area contributed by atoms with Crippen molar-refractivity contribution in [2.75, 3.05) is 6.54 Å². The molecule has 1 atom stereocenters. The van der Waals surface area contributed by atoms with E-state index in [9.17, 15) is 4.79 Å². The molecule has 0 saturated carbocycles. The lowest BCUT2D eigenvalue weighted by Crippen LogP contribution is -2.16. The molecule has 3 heteroatoms. The maximum Gasteiger partial charge on any atom is 0.304 e. The molecule has 1 aromatic rings. The molecule has 0 aliphatic rings. The zero-order valence-electron chi connectivity index (χ0n) is 9.81. The van der Waals surface area contributed by atoms with Gasteiger partial charge in [0, 0.05) is 5.92 Å². The van der Waals surface area contributed by atoms with E-state index in [-0.39, 0.29) is 12.3 Å². The van der Waals surface area contributed by atoms with Crippen LogP contribution in [-0.2, 0) is 4.79 Å². The van der Waals surface area contributed by atoms with Crippen molar-refractivity contribution in [2.24, 2.45) is 5.73 Å². The van der Waals surface area contributed by atoms with E-state index in [2.05, 4.69) is 13.8 Å². The molecule has 0 bridgehead atoms. The quantitative estimate of drug-likeness (QED) is 0.802. The van der Waals surface area contributed by atoms with Crippen molar-refractivity contribution in [3.8, 4) is 0 Å². The number of nitrogens with two attached hydrogens (primary N) is 1. The van der Waals surface area contributed by atoms with Gasteiger partial charge in [-0.05, 0) is 23.6 Å². The molecule has 88 valence electrons. The minimum absolute atomic E-state index is 0.0845. The molecule has 16 heavy (non-hydrogen) atoms. The summed E-state index contributed by atoms with van der Waals surface area (Å²) in [4.78, 5) is 10.7. The fourth-order valence-electron chi connectivity index (χ4n) is 1.70. The largest absolute Gasteiger partial charge is 0.481 e. The van der Waals surface area contributed by atoms with Crippen molar-refractivity contribution in [1.82, 2.24) is 0 Å². The van der Waals surface area contributed by atoms with E-state index in [1.165, 1.54) is 5.56 Å². The van der Waals surface area contributed by atoms with Crippen LogP contribution < -0.4 is 5.73 Å². The molecule has 1 aromatic carbocycles. The summed E-state index contributed by atoms with van der Waals surface area (Å²) < 4.78 is 0. The Morgan fingerprint density at radius 1 is 1.25 bits per heavy atom. The van der Waals surface area contributed by atoms with Gasteiger partial charge in [-0.15, -0.1) is 0 Å². The Balaban J connectivity index is 2.82. The topological polar surface area (TPSA) is 63.3 Å². The van der Waals surface area contributed by atoms with Crippen molar-refractivity contribution in [1.29, 1.82) is 0 Å². The number of benzene rings is 1. The van der Waals surface area contributed by atoms with E-state index in [0.717, 1.165) is 5.56 Å². The monoisotopic (exact) mass is 221 g/mol. The van der Waals surface area contributed by atoms with Gasteiger partial charge in [-0.1, -0.05) is 38.1 Å². The van der Waals surface area contributed by atoms with Crippen LogP contribution in [0.25, 0.3) is 0 Å². The number of aliphatic carboxylic acids is 1. The lowest BCUT2D eigenvalue weighted by molar-refractivity contribution is -0.137. The summed E-state index contributed by atoms with van der Waals surface area (Å²) in [6, 6.07) is 8.06. The predicted octanol–water partition coefficient (Wildman–Crippen LogP) is 2.33. The van der Waals surface area contributed by atoms with Crippen LogP contribution in [0, 0.1) is 0 Å². The Kier molecular flexibility index (Phi) is 4.50. The van der Waals surface area contributed by atoms with Crippen molar-refractivity contribution in [3.05, 3.63) is 35.4 Å². The third kappa shape index (κ3) is 3.35. The lowest BCUT2D eigenvalue weighted by atomic mass is 9.93. The van der Waals surface area contributed by atoms with E-state index in [1.54, 1.807) is 0 Å². The molecular formula is C13H19NO2. The van der Waals surface area contributed by atoms with Gasteiger partial charge in [0.1, 0.15) is 0 Å².